The van der Waals surface area contributed by atoms with E-state index in [0.29, 0.717) is 22.3 Å². The second kappa shape index (κ2) is 7.38. The van der Waals surface area contributed by atoms with Crippen molar-refractivity contribution in [1.82, 2.24) is 14.3 Å². The van der Waals surface area contributed by atoms with Crippen molar-refractivity contribution in [2.75, 3.05) is 0 Å². The maximum Gasteiger partial charge on any atom is 0.264 e. The Labute approximate surface area is 167 Å². The molecule has 2 N–H and O–H groups in total. The van der Waals surface area contributed by atoms with Gasteiger partial charge in [0.1, 0.15) is 5.82 Å². The van der Waals surface area contributed by atoms with E-state index in [9.17, 15) is 9.18 Å². The third-order valence-electron chi connectivity index (χ3n) is 4.68. The fourth-order valence-electron chi connectivity index (χ4n) is 3.32. The highest BCUT2D eigenvalue weighted by molar-refractivity contribution is 5.88. The first-order valence-corrected chi connectivity index (χ1v) is 9.15. The Bertz CT molecular complexity index is 1320. The SMILES string of the molecule is CC(N)c1cc2ccc(F)c(C#Cc3cnn(C)c3)c2c(=O)n1-c1ccccc1. The van der Waals surface area contributed by atoms with Gasteiger partial charge in [-0.2, -0.15) is 5.10 Å². The van der Waals surface area contributed by atoms with Crippen LogP contribution < -0.4 is 11.3 Å². The topological polar surface area (TPSA) is 65.8 Å². The van der Waals surface area contributed by atoms with Crippen molar-refractivity contribution in [2.24, 2.45) is 12.8 Å². The highest BCUT2D eigenvalue weighted by atomic mass is 19.1. The van der Waals surface area contributed by atoms with Crippen LogP contribution in [0.4, 0.5) is 4.39 Å². The summed E-state index contributed by atoms with van der Waals surface area (Å²) in [5.74, 6) is 5.18. The Kier molecular flexibility index (Phi) is 4.75. The van der Waals surface area contributed by atoms with Crippen molar-refractivity contribution in [2.45, 2.75) is 13.0 Å². The van der Waals surface area contributed by atoms with Crippen LogP contribution in [0, 0.1) is 17.7 Å². The van der Waals surface area contributed by atoms with Crippen LogP contribution in [0.1, 0.15) is 29.8 Å². The molecule has 4 aromatic rings. The summed E-state index contributed by atoms with van der Waals surface area (Å²) in [7, 11) is 1.78. The van der Waals surface area contributed by atoms with Crippen molar-refractivity contribution in [1.29, 1.82) is 0 Å². The molecule has 0 fully saturated rings. The summed E-state index contributed by atoms with van der Waals surface area (Å²) in [5, 5.41) is 4.89. The molecule has 0 bridgehead atoms. The minimum absolute atomic E-state index is 0.0669. The number of aryl methyl sites for hydroxylation is 1. The van der Waals surface area contributed by atoms with Gasteiger partial charge in [-0.3, -0.25) is 14.0 Å². The molecule has 5 nitrogen and oxygen atoms in total. The molecule has 1 atom stereocenters. The van der Waals surface area contributed by atoms with Crippen molar-refractivity contribution < 1.29 is 4.39 Å². The van der Waals surface area contributed by atoms with Crippen molar-refractivity contribution in [3.63, 3.8) is 0 Å². The number of benzene rings is 2. The third-order valence-corrected chi connectivity index (χ3v) is 4.68. The summed E-state index contributed by atoms with van der Waals surface area (Å²) in [6, 6.07) is 13.5. The van der Waals surface area contributed by atoms with Gasteiger partial charge in [-0.1, -0.05) is 36.1 Å². The summed E-state index contributed by atoms with van der Waals surface area (Å²) >= 11 is 0. The van der Waals surface area contributed by atoms with E-state index in [4.69, 9.17) is 5.73 Å². The lowest BCUT2D eigenvalue weighted by Gasteiger charge is -2.17. The smallest absolute Gasteiger partial charge is 0.264 e. The maximum atomic E-state index is 14.7. The Morgan fingerprint density at radius 3 is 2.55 bits per heavy atom. The molecular weight excluding hydrogens is 367 g/mol. The minimum atomic E-state index is -0.542. The predicted octanol–water partition coefficient (Wildman–Crippen LogP) is 3.28. The highest BCUT2D eigenvalue weighted by Gasteiger charge is 2.17. The molecule has 1 unspecified atom stereocenters. The minimum Gasteiger partial charge on any atom is -0.323 e. The quantitative estimate of drug-likeness (QED) is 0.538. The number of fused-ring (bicyclic) bond motifs is 1. The molecule has 0 spiro atoms. The van der Waals surface area contributed by atoms with Gasteiger partial charge in [-0.25, -0.2) is 4.39 Å². The molecular formula is C23H19FN4O. The second-order valence-corrected chi connectivity index (χ2v) is 6.87. The third kappa shape index (κ3) is 3.44. The summed E-state index contributed by atoms with van der Waals surface area (Å²) in [5.41, 5.74) is 7.81. The van der Waals surface area contributed by atoms with Gasteiger partial charge < -0.3 is 5.73 Å². The van der Waals surface area contributed by atoms with Crippen LogP contribution in [0.2, 0.25) is 0 Å². The highest BCUT2D eigenvalue weighted by Crippen LogP contribution is 2.23. The number of para-hydroxylation sites is 1. The second-order valence-electron chi connectivity index (χ2n) is 6.87. The van der Waals surface area contributed by atoms with Crippen LogP contribution in [0.5, 0.6) is 0 Å². The molecule has 0 aliphatic rings. The van der Waals surface area contributed by atoms with E-state index in [1.54, 1.807) is 30.2 Å². The molecule has 0 amide bonds. The van der Waals surface area contributed by atoms with E-state index in [1.165, 1.54) is 10.6 Å². The molecule has 2 aromatic carbocycles. The molecule has 6 heteroatoms. The molecule has 29 heavy (non-hydrogen) atoms. The first-order chi connectivity index (χ1) is 14.0. The van der Waals surface area contributed by atoms with E-state index in [-0.39, 0.29) is 22.6 Å². The van der Waals surface area contributed by atoms with Gasteiger partial charge in [0.15, 0.2) is 0 Å². The first kappa shape index (κ1) is 18.7. The maximum absolute atomic E-state index is 14.7. The average Bonchev–Trinajstić information content (AvgIpc) is 3.13. The van der Waals surface area contributed by atoms with Crippen molar-refractivity contribution >= 4 is 10.8 Å². The predicted molar refractivity (Wildman–Crippen MR) is 111 cm³/mol. The lowest BCUT2D eigenvalue weighted by molar-refractivity contribution is 0.626. The van der Waals surface area contributed by atoms with Crippen LogP contribution in [-0.2, 0) is 7.05 Å². The molecule has 2 heterocycles. The van der Waals surface area contributed by atoms with Crippen LogP contribution in [-0.4, -0.2) is 14.3 Å². The van der Waals surface area contributed by atoms with Gasteiger partial charge in [-0.05, 0) is 36.6 Å². The number of aromatic nitrogens is 3. The lowest BCUT2D eigenvalue weighted by atomic mass is 10.0. The van der Waals surface area contributed by atoms with Gasteiger partial charge in [-0.15, -0.1) is 0 Å². The summed E-state index contributed by atoms with van der Waals surface area (Å²) in [4.78, 5) is 13.5. The van der Waals surface area contributed by atoms with Crippen LogP contribution in [0.3, 0.4) is 0 Å². The summed E-state index contributed by atoms with van der Waals surface area (Å²) < 4.78 is 17.8. The van der Waals surface area contributed by atoms with Gasteiger partial charge >= 0.3 is 0 Å². The van der Waals surface area contributed by atoms with Crippen LogP contribution >= 0.6 is 0 Å². The standard InChI is InChI=1S/C23H19FN4O/c1-15(25)21-12-17-9-11-20(24)19(10-8-16-13-26-27(2)14-16)22(17)23(29)28(21)18-6-4-3-5-7-18/h3-7,9,11-15H,25H2,1-2H3. The summed E-state index contributed by atoms with van der Waals surface area (Å²) in [6.07, 6.45) is 3.32. The number of pyridine rings is 1. The molecule has 2 aromatic heterocycles. The fraction of sp³-hybridized carbons (Fsp3) is 0.130. The van der Waals surface area contributed by atoms with E-state index in [2.05, 4.69) is 16.9 Å². The average molecular weight is 386 g/mol. The zero-order valence-corrected chi connectivity index (χ0v) is 16.1. The normalized spacial score (nSPS) is 11.9. The molecule has 0 radical (unpaired) electrons. The van der Waals surface area contributed by atoms with Crippen LogP contribution in [0.15, 0.2) is 65.7 Å². The van der Waals surface area contributed by atoms with Gasteiger partial charge in [0.25, 0.3) is 5.56 Å². The van der Waals surface area contributed by atoms with Crippen molar-refractivity contribution in [3.8, 4) is 17.5 Å². The largest absolute Gasteiger partial charge is 0.323 e. The molecule has 0 saturated heterocycles. The van der Waals surface area contributed by atoms with E-state index >= 15 is 0 Å². The van der Waals surface area contributed by atoms with E-state index in [0.717, 1.165) is 0 Å². The summed E-state index contributed by atoms with van der Waals surface area (Å²) in [6.45, 7) is 1.81. The van der Waals surface area contributed by atoms with E-state index < -0.39 is 5.82 Å². The Balaban J connectivity index is 2.05. The molecule has 0 aliphatic carbocycles. The van der Waals surface area contributed by atoms with Gasteiger partial charge in [0.2, 0.25) is 0 Å². The number of rotatable bonds is 2. The fourth-order valence-corrected chi connectivity index (χ4v) is 3.32. The zero-order valence-electron chi connectivity index (χ0n) is 16.1. The Morgan fingerprint density at radius 2 is 1.90 bits per heavy atom. The van der Waals surface area contributed by atoms with E-state index in [1.807, 2.05) is 43.3 Å². The number of nitrogens with two attached hydrogens (primary N) is 1. The molecule has 0 saturated carbocycles. The number of nitrogens with zero attached hydrogens (tertiary/aromatic N) is 3. The van der Waals surface area contributed by atoms with Gasteiger partial charge in [0, 0.05) is 30.7 Å². The Morgan fingerprint density at radius 1 is 1.14 bits per heavy atom. The lowest BCUT2D eigenvalue weighted by Crippen LogP contribution is -2.26. The van der Waals surface area contributed by atoms with Crippen LogP contribution in [0.25, 0.3) is 16.5 Å². The number of halogens is 1. The monoisotopic (exact) mass is 386 g/mol. The molecule has 0 aliphatic heterocycles. The Hall–Kier alpha value is -3.69. The molecule has 144 valence electrons. The van der Waals surface area contributed by atoms with Gasteiger partial charge in [0.05, 0.1) is 22.7 Å². The first-order valence-electron chi connectivity index (χ1n) is 9.15. The number of hydrogen-bond acceptors (Lipinski definition) is 3. The van der Waals surface area contributed by atoms with Crippen molar-refractivity contribution in [3.05, 3.63) is 93.9 Å². The zero-order chi connectivity index (χ0) is 20.5. The number of hydrogen-bond donors (Lipinski definition) is 1. The molecule has 4 rings (SSSR count).